The number of carboxylic acid groups (broad SMARTS) is 1. The second-order valence-corrected chi connectivity index (χ2v) is 7.28. The average Bonchev–Trinajstić information content (AvgIpc) is 3.18. The number of aromatic hydroxyl groups is 1. The van der Waals surface area contributed by atoms with Crippen LogP contribution in [0.15, 0.2) is 47.2 Å². The van der Waals surface area contributed by atoms with Gasteiger partial charge in [0, 0.05) is 42.9 Å². The number of aliphatic carboxylic acids is 1. The van der Waals surface area contributed by atoms with Crippen molar-refractivity contribution in [1.29, 1.82) is 0 Å². The van der Waals surface area contributed by atoms with Gasteiger partial charge in [0.15, 0.2) is 11.4 Å². The van der Waals surface area contributed by atoms with E-state index in [1.807, 2.05) is 0 Å². The van der Waals surface area contributed by atoms with Gasteiger partial charge in [-0.3, -0.25) is 4.98 Å². The van der Waals surface area contributed by atoms with E-state index in [9.17, 15) is 35.8 Å². The van der Waals surface area contributed by atoms with E-state index in [1.54, 1.807) is 12.1 Å². The summed E-state index contributed by atoms with van der Waals surface area (Å²) in [6.45, 7) is 0. The predicted octanol–water partition coefficient (Wildman–Crippen LogP) is 4.90. The molecule has 0 amide bonds. The fraction of sp³-hybridized carbons (Fsp3) is 0.300. The molecular formula is C20H14F7N3O5. The van der Waals surface area contributed by atoms with Crippen LogP contribution in [-0.2, 0) is 16.6 Å². The molecule has 0 spiro atoms. The van der Waals surface area contributed by atoms with E-state index < -0.39 is 35.7 Å². The normalized spacial score (nSPS) is 19.8. The Labute approximate surface area is 191 Å². The molecule has 3 heterocycles. The van der Waals surface area contributed by atoms with Crippen LogP contribution in [0.5, 0.6) is 11.8 Å². The maximum atomic E-state index is 14.8. The SMILES string of the molecule is O=C(O)C(F)(F)F.Oc1cc(-c2ccc(O[C@H]3C[C@@](F)(c4ccc(C(F)(F)F)cn4)C3)nc2)on1. The van der Waals surface area contributed by atoms with Gasteiger partial charge in [-0.05, 0) is 23.4 Å². The number of halogens is 7. The average molecular weight is 509 g/mol. The van der Waals surface area contributed by atoms with Crippen LogP contribution in [0, 0.1) is 0 Å². The summed E-state index contributed by atoms with van der Waals surface area (Å²) in [5, 5.41) is 19.7. The number of pyridine rings is 2. The second-order valence-electron chi connectivity index (χ2n) is 7.28. The molecule has 4 rings (SSSR count). The molecule has 188 valence electrons. The Kier molecular flexibility index (Phi) is 6.89. The van der Waals surface area contributed by atoms with E-state index >= 15 is 0 Å². The highest BCUT2D eigenvalue weighted by Crippen LogP contribution is 2.46. The molecule has 0 radical (unpaired) electrons. The third-order valence-electron chi connectivity index (χ3n) is 4.70. The Bertz CT molecular complexity index is 1160. The first-order chi connectivity index (χ1) is 16.2. The summed E-state index contributed by atoms with van der Waals surface area (Å²) in [5.41, 5.74) is -2.22. The highest BCUT2D eigenvalue weighted by atomic mass is 19.4. The number of aromatic nitrogens is 3. The standard InChI is InChI=1S/C18H13F4N3O3.C2HF3O2/c19-17(14-3-2-11(9-23-14)18(20,21)22)6-12(7-17)27-16-4-1-10(8-24-16)13-5-15(26)25-28-13;3-2(4,5)1(6)7/h1-5,8-9,12H,6-7H2,(H,25,26);(H,6,7)/t12-,17-;. The van der Waals surface area contributed by atoms with Crippen molar-refractivity contribution < 1.29 is 55.0 Å². The third-order valence-corrected chi connectivity index (χ3v) is 4.70. The molecule has 3 aromatic heterocycles. The van der Waals surface area contributed by atoms with Crippen molar-refractivity contribution in [2.45, 2.75) is 37.0 Å². The molecule has 1 aliphatic carbocycles. The molecule has 0 aliphatic heterocycles. The van der Waals surface area contributed by atoms with Gasteiger partial charge in [0.25, 0.3) is 5.88 Å². The lowest BCUT2D eigenvalue weighted by molar-refractivity contribution is -0.192. The van der Waals surface area contributed by atoms with Crippen LogP contribution in [0.2, 0.25) is 0 Å². The summed E-state index contributed by atoms with van der Waals surface area (Å²) < 4.78 is 94.8. The first kappa shape index (κ1) is 25.7. The number of alkyl halides is 7. The highest BCUT2D eigenvalue weighted by molar-refractivity contribution is 5.73. The Hall–Kier alpha value is -3.91. The van der Waals surface area contributed by atoms with Gasteiger partial charge in [0.1, 0.15) is 6.10 Å². The van der Waals surface area contributed by atoms with E-state index in [0.717, 1.165) is 12.1 Å². The molecule has 0 bridgehead atoms. The van der Waals surface area contributed by atoms with Gasteiger partial charge in [-0.2, -0.15) is 26.3 Å². The summed E-state index contributed by atoms with van der Waals surface area (Å²) in [6.07, 6.45) is -8.06. The van der Waals surface area contributed by atoms with E-state index in [1.165, 1.54) is 12.3 Å². The van der Waals surface area contributed by atoms with Crippen LogP contribution in [0.4, 0.5) is 30.7 Å². The van der Waals surface area contributed by atoms with Gasteiger partial charge in [0.05, 0.1) is 11.3 Å². The van der Waals surface area contributed by atoms with Crippen molar-refractivity contribution in [3.63, 3.8) is 0 Å². The summed E-state index contributed by atoms with van der Waals surface area (Å²) >= 11 is 0. The van der Waals surface area contributed by atoms with Crippen molar-refractivity contribution in [3.8, 4) is 23.1 Å². The third kappa shape index (κ3) is 6.36. The molecule has 0 atom stereocenters. The maximum absolute atomic E-state index is 14.8. The minimum atomic E-state index is -5.08. The molecule has 1 fully saturated rings. The number of nitrogens with zero attached hydrogens (tertiary/aromatic N) is 3. The van der Waals surface area contributed by atoms with Crippen LogP contribution in [-0.4, -0.2) is 43.6 Å². The van der Waals surface area contributed by atoms with Gasteiger partial charge >= 0.3 is 18.3 Å². The summed E-state index contributed by atoms with van der Waals surface area (Å²) in [4.78, 5) is 16.6. The minimum Gasteiger partial charge on any atom is -0.491 e. The smallest absolute Gasteiger partial charge is 0.490 e. The Balaban J connectivity index is 0.000000429. The van der Waals surface area contributed by atoms with E-state index in [4.69, 9.17) is 19.2 Å². The van der Waals surface area contributed by atoms with Crippen LogP contribution in [0.3, 0.4) is 0 Å². The van der Waals surface area contributed by atoms with E-state index in [2.05, 4.69) is 15.1 Å². The minimum absolute atomic E-state index is 0.0369. The first-order valence-corrected chi connectivity index (χ1v) is 9.49. The zero-order valence-electron chi connectivity index (χ0n) is 17.1. The van der Waals surface area contributed by atoms with Crippen molar-refractivity contribution in [3.05, 3.63) is 54.0 Å². The van der Waals surface area contributed by atoms with Crippen LogP contribution >= 0.6 is 0 Å². The Morgan fingerprint density at radius 3 is 2.14 bits per heavy atom. The van der Waals surface area contributed by atoms with Gasteiger partial charge in [-0.1, -0.05) is 0 Å². The van der Waals surface area contributed by atoms with Gasteiger partial charge in [0.2, 0.25) is 5.88 Å². The number of hydrogen-bond acceptors (Lipinski definition) is 7. The Morgan fingerprint density at radius 2 is 1.71 bits per heavy atom. The number of carbonyl (C=O) groups is 1. The van der Waals surface area contributed by atoms with E-state index in [-0.39, 0.29) is 30.3 Å². The maximum Gasteiger partial charge on any atom is 0.490 e. The summed E-state index contributed by atoms with van der Waals surface area (Å²) in [6, 6.07) is 6.40. The van der Waals surface area contributed by atoms with Crippen molar-refractivity contribution in [2.75, 3.05) is 0 Å². The molecule has 1 aliphatic rings. The lowest BCUT2D eigenvalue weighted by Gasteiger charge is -2.40. The molecule has 3 aromatic rings. The molecule has 8 nitrogen and oxygen atoms in total. The number of hydrogen-bond donors (Lipinski definition) is 2. The number of ether oxygens (including phenoxy) is 1. The molecule has 2 N–H and O–H groups in total. The van der Waals surface area contributed by atoms with Crippen LogP contribution < -0.4 is 4.74 Å². The topological polar surface area (TPSA) is 119 Å². The number of carboxylic acids is 1. The summed E-state index contributed by atoms with van der Waals surface area (Å²) in [5.74, 6) is -2.41. The monoisotopic (exact) mass is 509 g/mol. The molecule has 0 saturated heterocycles. The largest absolute Gasteiger partial charge is 0.491 e. The molecule has 0 unspecified atom stereocenters. The van der Waals surface area contributed by atoms with Crippen LogP contribution in [0.25, 0.3) is 11.3 Å². The van der Waals surface area contributed by atoms with Gasteiger partial charge in [-0.25, -0.2) is 14.2 Å². The highest BCUT2D eigenvalue weighted by Gasteiger charge is 2.49. The second kappa shape index (κ2) is 9.38. The predicted molar refractivity (Wildman–Crippen MR) is 101 cm³/mol. The van der Waals surface area contributed by atoms with Gasteiger partial charge in [-0.15, -0.1) is 0 Å². The van der Waals surface area contributed by atoms with Crippen molar-refractivity contribution >= 4 is 5.97 Å². The summed E-state index contributed by atoms with van der Waals surface area (Å²) in [7, 11) is 0. The zero-order valence-corrected chi connectivity index (χ0v) is 17.1. The van der Waals surface area contributed by atoms with Gasteiger partial charge < -0.3 is 19.5 Å². The van der Waals surface area contributed by atoms with E-state index in [0.29, 0.717) is 17.5 Å². The quantitative estimate of drug-likeness (QED) is 0.477. The molecule has 0 aromatic carbocycles. The molecule has 1 saturated carbocycles. The molecular weight excluding hydrogens is 495 g/mol. The molecule has 35 heavy (non-hydrogen) atoms. The lowest BCUT2D eigenvalue weighted by atomic mass is 9.76. The molecule has 15 heteroatoms. The fourth-order valence-electron chi connectivity index (χ4n) is 2.95. The first-order valence-electron chi connectivity index (χ1n) is 9.49. The lowest BCUT2D eigenvalue weighted by Crippen LogP contribution is -2.45. The van der Waals surface area contributed by atoms with Crippen LogP contribution in [0.1, 0.15) is 24.1 Å². The van der Waals surface area contributed by atoms with Crippen molar-refractivity contribution in [2.24, 2.45) is 0 Å². The van der Waals surface area contributed by atoms with Crippen molar-refractivity contribution in [1.82, 2.24) is 15.1 Å². The zero-order chi connectivity index (χ0) is 26.0. The fourth-order valence-corrected chi connectivity index (χ4v) is 2.95. The number of rotatable bonds is 4. The Morgan fingerprint density at radius 1 is 1.06 bits per heavy atom.